The molecule has 2 N–H and O–H groups in total. The van der Waals surface area contributed by atoms with E-state index in [1.54, 1.807) is 11.3 Å². The van der Waals surface area contributed by atoms with E-state index < -0.39 is 0 Å². The summed E-state index contributed by atoms with van der Waals surface area (Å²) >= 11 is 1.72. The van der Waals surface area contributed by atoms with Crippen molar-refractivity contribution in [3.63, 3.8) is 0 Å². The molecule has 3 nitrogen and oxygen atoms in total. The first-order valence-electron chi connectivity index (χ1n) is 6.39. The van der Waals surface area contributed by atoms with Crippen molar-refractivity contribution in [1.82, 2.24) is 4.98 Å². The smallest absolute Gasteiger partial charge is 0.123 e. The molecule has 4 heteroatoms. The second kappa shape index (κ2) is 5.21. The highest BCUT2D eigenvalue weighted by molar-refractivity contribution is 7.11. The van der Waals surface area contributed by atoms with Crippen molar-refractivity contribution >= 4 is 17.0 Å². The van der Waals surface area contributed by atoms with Gasteiger partial charge in [-0.05, 0) is 46.2 Å². The molecule has 0 aliphatic carbocycles. The van der Waals surface area contributed by atoms with Crippen molar-refractivity contribution in [2.45, 2.75) is 40.7 Å². The van der Waals surface area contributed by atoms with E-state index in [1.807, 2.05) is 39.8 Å². The van der Waals surface area contributed by atoms with Crippen LogP contribution < -0.4 is 5.32 Å². The predicted octanol–water partition coefficient (Wildman–Crippen LogP) is 4.26. The number of aromatic hydroxyl groups is 1. The van der Waals surface area contributed by atoms with Gasteiger partial charge in [-0.3, -0.25) is 0 Å². The van der Waals surface area contributed by atoms with Crippen molar-refractivity contribution in [3.05, 3.63) is 38.8 Å². The summed E-state index contributed by atoms with van der Waals surface area (Å²) in [4.78, 5) is 5.70. The summed E-state index contributed by atoms with van der Waals surface area (Å²) in [5.74, 6) is 0.370. The number of hydrogen-bond donors (Lipinski definition) is 2. The minimum absolute atomic E-state index is 0.187. The van der Waals surface area contributed by atoms with Gasteiger partial charge in [-0.25, -0.2) is 4.98 Å². The molecular formula is C15H20N2OS. The Bertz CT molecular complexity index is 604. The van der Waals surface area contributed by atoms with E-state index in [0.29, 0.717) is 5.75 Å². The van der Waals surface area contributed by atoms with Gasteiger partial charge in [-0.1, -0.05) is 6.07 Å². The number of phenolic OH excluding ortho intramolecular Hbond substituents is 1. The third-order valence-corrected chi connectivity index (χ3v) is 4.59. The van der Waals surface area contributed by atoms with Crippen LogP contribution in [0.4, 0.5) is 5.69 Å². The van der Waals surface area contributed by atoms with Gasteiger partial charge in [0.15, 0.2) is 0 Å². The Kier molecular flexibility index (Phi) is 3.80. The number of aromatic nitrogens is 1. The van der Waals surface area contributed by atoms with Crippen molar-refractivity contribution in [1.29, 1.82) is 0 Å². The number of phenols is 1. The van der Waals surface area contributed by atoms with Gasteiger partial charge in [-0.15, -0.1) is 11.3 Å². The minimum atomic E-state index is 0.187. The number of benzene rings is 1. The van der Waals surface area contributed by atoms with Crippen LogP contribution in [-0.4, -0.2) is 10.1 Å². The normalized spacial score (nSPS) is 12.5. The van der Waals surface area contributed by atoms with Crippen molar-refractivity contribution in [2.24, 2.45) is 0 Å². The highest BCUT2D eigenvalue weighted by Crippen LogP contribution is 2.32. The summed E-state index contributed by atoms with van der Waals surface area (Å²) in [5.41, 5.74) is 3.85. The van der Waals surface area contributed by atoms with Gasteiger partial charge in [0, 0.05) is 16.1 Å². The lowest BCUT2D eigenvalue weighted by molar-refractivity contribution is 0.467. The van der Waals surface area contributed by atoms with E-state index in [-0.39, 0.29) is 6.04 Å². The van der Waals surface area contributed by atoms with Gasteiger partial charge in [-0.2, -0.15) is 0 Å². The number of rotatable bonds is 3. The Morgan fingerprint density at radius 3 is 2.47 bits per heavy atom. The number of aryl methyl sites for hydroxylation is 3. The fourth-order valence-corrected chi connectivity index (χ4v) is 3.17. The second-order valence-electron chi connectivity index (χ2n) is 4.95. The predicted molar refractivity (Wildman–Crippen MR) is 81.2 cm³/mol. The molecule has 0 aliphatic rings. The van der Waals surface area contributed by atoms with Crippen LogP contribution in [0.25, 0.3) is 0 Å². The third-order valence-electron chi connectivity index (χ3n) is 3.34. The van der Waals surface area contributed by atoms with Crippen LogP contribution in [0.1, 0.15) is 39.7 Å². The fourth-order valence-electron chi connectivity index (χ4n) is 2.24. The van der Waals surface area contributed by atoms with Crippen molar-refractivity contribution in [3.8, 4) is 5.75 Å². The molecular weight excluding hydrogens is 256 g/mol. The van der Waals surface area contributed by atoms with Crippen LogP contribution in [0.2, 0.25) is 0 Å². The molecule has 19 heavy (non-hydrogen) atoms. The molecule has 0 fully saturated rings. The Hall–Kier alpha value is -1.55. The molecule has 0 spiro atoms. The zero-order valence-corrected chi connectivity index (χ0v) is 12.9. The van der Waals surface area contributed by atoms with Gasteiger partial charge in [0.1, 0.15) is 5.75 Å². The molecule has 0 aliphatic heterocycles. The number of anilines is 1. The molecule has 1 aromatic carbocycles. The Labute approximate surface area is 118 Å². The lowest BCUT2D eigenvalue weighted by Gasteiger charge is -2.17. The molecule has 0 amide bonds. The summed E-state index contributed by atoms with van der Waals surface area (Å²) in [6, 6.07) is 4.14. The first-order chi connectivity index (χ1) is 8.90. The Balaban J connectivity index is 2.27. The Morgan fingerprint density at radius 2 is 1.89 bits per heavy atom. The SMILES string of the molecule is Cc1nc(C)c(C(C)Nc2ccc(C)c(O)c2C)s1. The standard InChI is InChI=1S/C15H20N2OS/c1-8-6-7-13(9(2)14(8)18)17-11(4)15-10(3)16-12(5)19-15/h6-7,11,17-18H,1-5H3. The van der Waals surface area contributed by atoms with E-state index in [4.69, 9.17) is 0 Å². The maximum absolute atomic E-state index is 9.98. The van der Waals surface area contributed by atoms with Gasteiger partial charge in [0.25, 0.3) is 0 Å². The topological polar surface area (TPSA) is 45.2 Å². The van der Waals surface area contributed by atoms with Gasteiger partial charge in [0.05, 0.1) is 16.7 Å². The number of hydrogen-bond acceptors (Lipinski definition) is 4. The maximum atomic E-state index is 9.98. The molecule has 0 saturated carbocycles. The molecule has 1 heterocycles. The quantitative estimate of drug-likeness (QED) is 0.880. The van der Waals surface area contributed by atoms with Crippen LogP contribution in [0.3, 0.4) is 0 Å². The third kappa shape index (κ3) is 2.73. The van der Waals surface area contributed by atoms with Crippen molar-refractivity contribution < 1.29 is 5.11 Å². The molecule has 2 aromatic rings. The largest absolute Gasteiger partial charge is 0.507 e. The lowest BCUT2D eigenvalue weighted by Crippen LogP contribution is -2.07. The second-order valence-corrected chi connectivity index (χ2v) is 6.19. The van der Waals surface area contributed by atoms with E-state index in [2.05, 4.69) is 17.2 Å². The fraction of sp³-hybridized carbons (Fsp3) is 0.400. The summed E-state index contributed by atoms with van der Waals surface area (Å²) < 4.78 is 0. The summed E-state index contributed by atoms with van der Waals surface area (Å²) in [7, 11) is 0. The molecule has 2 rings (SSSR count). The zero-order valence-electron chi connectivity index (χ0n) is 12.0. The summed E-state index contributed by atoms with van der Waals surface area (Å²) in [6.45, 7) is 10.0. The average Bonchev–Trinajstić information content (AvgIpc) is 2.69. The molecule has 0 saturated heterocycles. The average molecular weight is 276 g/mol. The highest BCUT2D eigenvalue weighted by Gasteiger charge is 2.14. The van der Waals surface area contributed by atoms with Crippen LogP contribution >= 0.6 is 11.3 Å². The van der Waals surface area contributed by atoms with E-state index in [1.165, 1.54) is 4.88 Å². The molecule has 102 valence electrons. The van der Waals surface area contributed by atoms with Gasteiger partial charge >= 0.3 is 0 Å². The Morgan fingerprint density at radius 1 is 1.21 bits per heavy atom. The first kappa shape index (κ1) is 13.9. The number of nitrogens with zero attached hydrogens (tertiary/aromatic N) is 1. The molecule has 1 atom stereocenters. The molecule has 0 bridgehead atoms. The van der Waals surface area contributed by atoms with E-state index >= 15 is 0 Å². The zero-order chi connectivity index (χ0) is 14.2. The monoisotopic (exact) mass is 276 g/mol. The van der Waals surface area contributed by atoms with Gasteiger partial charge < -0.3 is 10.4 Å². The number of nitrogens with one attached hydrogen (secondary N) is 1. The van der Waals surface area contributed by atoms with Crippen LogP contribution in [-0.2, 0) is 0 Å². The highest BCUT2D eigenvalue weighted by atomic mass is 32.1. The first-order valence-corrected chi connectivity index (χ1v) is 7.21. The molecule has 0 radical (unpaired) electrons. The van der Waals surface area contributed by atoms with Crippen LogP contribution in [0.15, 0.2) is 12.1 Å². The van der Waals surface area contributed by atoms with E-state index in [9.17, 15) is 5.11 Å². The molecule has 1 aromatic heterocycles. The maximum Gasteiger partial charge on any atom is 0.123 e. The summed E-state index contributed by atoms with van der Waals surface area (Å²) in [6.07, 6.45) is 0. The number of thiazole rings is 1. The van der Waals surface area contributed by atoms with Crippen LogP contribution in [0.5, 0.6) is 5.75 Å². The van der Waals surface area contributed by atoms with Crippen LogP contribution in [0, 0.1) is 27.7 Å². The lowest BCUT2D eigenvalue weighted by atomic mass is 10.1. The van der Waals surface area contributed by atoms with Crippen molar-refractivity contribution in [2.75, 3.05) is 5.32 Å². The van der Waals surface area contributed by atoms with Gasteiger partial charge in [0.2, 0.25) is 0 Å². The summed E-state index contributed by atoms with van der Waals surface area (Å²) in [5, 5.41) is 14.5. The molecule has 1 unspecified atom stereocenters. The minimum Gasteiger partial charge on any atom is -0.507 e. The van der Waals surface area contributed by atoms with E-state index in [0.717, 1.165) is 27.5 Å².